The van der Waals surface area contributed by atoms with Gasteiger partial charge in [0.15, 0.2) is 0 Å². The van der Waals surface area contributed by atoms with E-state index in [0.717, 1.165) is 0 Å². The maximum atomic E-state index is 13.4. The monoisotopic (exact) mass is 483 g/mol. The number of likely N-dealkylation sites (tertiary alicyclic amines) is 2. The molecule has 2 heterocycles. The summed E-state index contributed by atoms with van der Waals surface area (Å²) in [5.41, 5.74) is 3.39. The fourth-order valence-electron chi connectivity index (χ4n) is 4.31. The number of carbonyl (C=O) groups excluding carboxylic acids is 5. The fourth-order valence-corrected chi connectivity index (χ4v) is 4.31. The lowest BCUT2D eigenvalue weighted by atomic mass is 9.84. The van der Waals surface area contributed by atoms with Crippen molar-refractivity contribution in [2.24, 2.45) is 11.7 Å². The number of nitrogens with zero attached hydrogens (tertiary/aromatic N) is 2. The summed E-state index contributed by atoms with van der Waals surface area (Å²) in [6.07, 6.45) is -0.841. The molecule has 2 unspecified atom stereocenters. The van der Waals surface area contributed by atoms with Gasteiger partial charge in [0.05, 0.1) is 19.2 Å². The summed E-state index contributed by atoms with van der Waals surface area (Å²) in [5.74, 6) is -2.53. The molecule has 0 radical (unpaired) electrons. The Morgan fingerprint density at radius 1 is 1.15 bits per heavy atom. The van der Waals surface area contributed by atoms with Crippen LogP contribution in [0.1, 0.15) is 54.4 Å². The summed E-state index contributed by atoms with van der Waals surface area (Å²) in [5, 5.41) is 14.5. The Bertz CT molecular complexity index is 838. The van der Waals surface area contributed by atoms with Gasteiger partial charge in [-0.05, 0) is 46.5 Å². The van der Waals surface area contributed by atoms with Gasteiger partial charge in [0, 0.05) is 6.54 Å². The van der Waals surface area contributed by atoms with E-state index in [-0.39, 0.29) is 30.8 Å². The highest BCUT2D eigenvalue weighted by atomic mass is 16.6. The van der Waals surface area contributed by atoms with Gasteiger partial charge in [0.2, 0.25) is 17.7 Å². The molecule has 2 rings (SSSR count). The van der Waals surface area contributed by atoms with Gasteiger partial charge >= 0.3 is 6.09 Å². The summed E-state index contributed by atoms with van der Waals surface area (Å²) < 4.78 is 5.28. The van der Waals surface area contributed by atoms with E-state index in [2.05, 4.69) is 10.6 Å². The van der Waals surface area contributed by atoms with Crippen molar-refractivity contribution in [2.45, 2.75) is 83.7 Å². The van der Waals surface area contributed by atoms with Crippen molar-refractivity contribution in [1.29, 1.82) is 0 Å². The zero-order valence-electron chi connectivity index (χ0n) is 20.7. The number of ether oxygens (including phenoxy) is 1. The summed E-state index contributed by atoms with van der Waals surface area (Å²) in [6, 6.07) is -2.15. The third kappa shape index (κ3) is 5.96. The van der Waals surface area contributed by atoms with Crippen LogP contribution in [0.5, 0.6) is 0 Å². The van der Waals surface area contributed by atoms with Crippen LogP contribution in [0.15, 0.2) is 0 Å². The van der Waals surface area contributed by atoms with Crippen molar-refractivity contribution in [1.82, 2.24) is 20.4 Å². The zero-order chi connectivity index (χ0) is 26.0. The second-order valence-electron chi connectivity index (χ2n) is 10.3. The average molecular weight is 484 g/mol. The molecule has 2 saturated heterocycles. The molecule has 0 aromatic carbocycles. The SMILES string of the molecule is CC(C)[C@H](NC(=O)OC(C)(C)C)C(=O)N1CCCC12CN(CC(=O)N[C@H](C(N)=O)C(C)O)C2=O. The number of hydrogen-bond acceptors (Lipinski definition) is 7. The van der Waals surface area contributed by atoms with Gasteiger partial charge in [-0.25, -0.2) is 4.79 Å². The van der Waals surface area contributed by atoms with E-state index in [1.807, 2.05) is 0 Å². The third-order valence-corrected chi connectivity index (χ3v) is 5.94. The third-order valence-electron chi connectivity index (χ3n) is 5.94. The van der Waals surface area contributed by atoms with Crippen LogP contribution in [-0.2, 0) is 23.9 Å². The van der Waals surface area contributed by atoms with Gasteiger partial charge in [0.25, 0.3) is 5.91 Å². The molecule has 2 fully saturated rings. The molecule has 0 bridgehead atoms. The number of aliphatic hydroxyl groups is 1. The standard InChI is InChI=1S/C22H37N5O7/c1-12(2)15(25-20(33)34-21(4,5)6)18(31)27-9-7-8-22(27)11-26(19(22)32)10-14(29)24-16(13(3)28)17(23)30/h12-13,15-16,28H,7-11H2,1-6H3,(H2,23,30)(H,24,29)(H,25,33)/t13?,15-,16-,22?/m0/s1. The van der Waals surface area contributed by atoms with Gasteiger partial charge < -0.3 is 36.0 Å². The van der Waals surface area contributed by atoms with Gasteiger partial charge in [-0.1, -0.05) is 13.8 Å². The minimum Gasteiger partial charge on any atom is -0.444 e. The molecule has 0 aromatic heterocycles. The van der Waals surface area contributed by atoms with Crippen LogP contribution in [0, 0.1) is 5.92 Å². The summed E-state index contributed by atoms with van der Waals surface area (Å²) in [6.45, 7) is 10.2. The molecule has 12 nitrogen and oxygen atoms in total. The number of β-lactam (4-membered cyclic amide) rings is 1. The van der Waals surface area contributed by atoms with Gasteiger partial charge in [-0.2, -0.15) is 0 Å². The Hall–Kier alpha value is -2.89. The number of hydrogen-bond donors (Lipinski definition) is 4. The van der Waals surface area contributed by atoms with Crippen LogP contribution < -0.4 is 16.4 Å². The highest BCUT2D eigenvalue weighted by Gasteiger charge is 2.60. The quantitative estimate of drug-likeness (QED) is 0.324. The molecule has 12 heteroatoms. The van der Waals surface area contributed by atoms with Crippen LogP contribution in [0.25, 0.3) is 0 Å². The maximum Gasteiger partial charge on any atom is 0.408 e. The molecule has 4 atom stereocenters. The first-order valence-electron chi connectivity index (χ1n) is 11.5. The maximum absolute atomic E-state index is 13.4. The molecular weight excluding hydrogens is 446 g/mol. The molecule has 34 heavy (non-hydrogen) atoms. The fraction of sp³-hybridized carbons (Fsp3) is 0.773. The molecule has 192 valence electrons. The molecule has 2 aliphatic rings. The van der Waals surface area contributed by atoms with Crippen molar-refractivity contribution in [3.8, 4) is 0 Å². The van der Waals surface area contributed by atoms with E-state index in [1.54, 1.807) is 34.6 Å². The first-order valence-corrected chi connectivity index (χ1v) is 11.5. The molecule has 0 aromatic rings. The highest BCUT2D eigenvalue weighted by molar-refractivity contribution is 6.01. The van der Waals surface area contributed by atoms with Crippen LogP contribution in [0.4, 0.5) is 4.79 Å². The van der Waals surface area contributed by atoms with Gasteiger partial charge in [-0.3, -0.25) is 19.2 Å². The summed E-state index contributed by atoms with van der Waals surface area (Å²) in [7, 11) is 0. The molecule has 5 N–H and O–H groups in total. The van der Waals surface area contributed by atoms with Crippen molar-refractivity contribution in [2.75, 3.05) is 19.6 Å². The van der Waals surface area contributed by atoms with E-state index in [1.165, 1.54) is 16.7 Å². The van der Waals surface area contributed by atoms with Crippen LogP contribution >= 0.6 is 0 Å². The lowest BCUT2D eigenvalue weighted by molar-refractivity contribution is -0.169. The topological polar surface area (TPSA) is 171 Å². The molecule has 2 aliphatic heterocycles. The number of alkyl carbamates (subject to hydrolysis) is 1. The molecule has 0 aliphatic carbocycles. The second kappa shape index (κ2) is 10.2. The number of carbonyl (C=O) groups is 5. The van der Waals surface area contributed by atoms with Crippen LogP contribution in [0.3, 0.4) is 0 Å². The highest BCUT2D eigenvalue weighted by Crippen LogP contribution is 2.39. The minimum absolute atomic E-state index is 0.151. The van der Waals surface area contributed by atoms with E-state index < -0.39 is 47.2 Å². The van der Waals surface area contributed by atoms with Crippen LogP contribution in [0.2, 0.25) is 0 Å². The number of amides is 5. The molecular formula is C22H37N5O7. The number of nitrogens with one attached hydrogen (secondary N) is 2. The lowest BCUT2D eigenvalue weighted by Gasteiger charge is -2.51. The van der Waals surface area contributed by atoms with Crippen molar-refractivity contribution in [3.63, 3.8) is 0 Å². The Balaban J connectivity index is 2.07. The first-order chi connectivity index (χ1) is 15.6. The van der Waals surface area contributed by atoms with E-state index in [9.17, 15) is 29.1 Å². The largest absolute Gasteiger partial charge is 0.444 e. The van der Waals surface area contributed by atoms with Crippen molar-refractivity contribution in [3.05, 3.63) is 0 Å². The van der Waals surface area contributed by atoms with Gasteiger partial charge in [0.1, 0.15) is 23.2 Å². The summed E-state index contributed by atoms with van der Waals surface area (Å²) in [4.78, 5) is 65.2. The predicted octanol–water partition coefficient (Wildman–Crippen LogP) is -0.910. The predicted molar refractivity (Wildman–Crippen MR) is 121 cm³/mol. The van der Waals surface area contributed by atoms with E-state index in [4.69, 9.17) is 10.5 Å². The number of nitrogens with two attached hydrogens (primary N) is 1. The smallest absolute Gasteiger partial charge is 0.408 e. The van der Waals surface area contributed by atoms with Crippen LogP contribution in [-0.4, -0.2) is 93.6 Å². The van der Waals surface area contributed by atoms with Crippen molar-refractivity contribution >= 4 is 29.7 Å². The lowest BCUT2D eigenvalue weighted by Crippen LogP contribution is -2.75. The number of rotatable bonds is 8. The Kier molecular flexibility index (Phi) is 8.18. The minimum atomic E-state index is -1.27. The molecule has 0 saturated carbocycles. The number of aliphatic hydroxyl groups excluding tert-OH is 1. The Morgan fingerprint density at radius 2 is 1.76 bits per heavy atom. The van der Waals surface area contributed by atoms with E-state index in [0.29, 0.717) is 19.4 Å². The normalized spacial score (nSPS) is 22.8. The van der Waals surface area contributed by atoms with Gasteiger partial charge in [-0.15, -0.1) is 0 Å². The molecule has 1 spiro atoms. The molecule has 5 amide bonds. The van der Waals surface area contributed by atoms with E-state index >= 15 is 0 Å². The first kappa shape index (κ1) is 27.4. The van der Waals surface area contributed by atoms with Crippen molar-refractivity contribution < 1.29 is 33.8 Å². The summed E-state index contributed by atoms with van der Waals surface area (Å²) >= 11 is 0. The Labute approximate surface area is 199 Å². The second-order valence-corrected chi connectivity index (χ2v) is 10.3. The average Bonchev–Trinajstić information content (AvgIpc) is 3.13. The Morgan fingerprint density at radius 3 is 2.24 bits per heavy atom. The number of primary amides is 1. The zero-order valence-corrected chi connectivity index (χ0v) is 20.7.